The maximum atomic E-state index is 13.7. The molecule has 0 N–H and O–H groups in total. The summed E-state index contributed by atoms with van der Waals surface area (Å²) in [5.74, 6) is 1.49. The van der Waals surface area contributed by atoms with Crippen molar-refractivity contribution in [2.45, 2.75) is 35.6 Å². The quantitative estimate of drug-likeness (QED) is 0.326. The van der Waals surface area contributed by atoms with Crippen molar-refractivity contribution in [1.29, 1.82) is 0 Å². The second kappa shape index (κ2) is 7.46. The van der Waals surface area contributed by atoms with Crippen LogP contribution in [0.5, 0.6) is 11.5 Å². The van der Waals surface area contributed by atoms with E-state index in [1.54, 1.807) is 11.3 Å². The normalized spacial score (nSPS) is 15.3. The van der Waals surface area contributed by atoms with Crippen molar-refractivity contribution in [3.05, 3.63) is 63.3 Å². The van der Waals surface area contributed by atoms with Crippen molar-refractivity contribution in [2.24, 2.45) is 0 Å². The molecule has 3 aromatic heterocycles. The fraction of sp³-hybridized carbons (Fsp3) is 0.240. The minimum Gasteiger partial charge on any atom is -0.486 e. The first-order valence-electron chi connectivity index (χ1n) is 11.1. The highest BCUT2D eigenvalue weighted by Crippen LogP contribution is 2.39. The van der Waals surface area contributed by atoms with Gasteiger partial charge in [0.15, 0.2) is 17.1 Å². The van der Waals surface area contributed by atoms with E-state index in [1.807, 2.05) is 42.5 Å². The maximum Gasteiger partial charge on any atom is 0.283 e. The third-order valence-corrected chi connectivity index (χ3v) is 8.45. The van der Waals surface area contributed by atoms with Gasteiger partial charge in [0.1, 0.15) is 23.1 Å². The van der Waals surface area contributed by atoms with Gasteiger partial charge in [-0.3, -0.25) is 4.79 Å². The first-order valence-corrected chi connectivity index (χ1v) is 12.7. The molecule has 8 heteroatoms. The Bertz CT molecular complexity index is 1640. The van der Waals surface area contributed by atoms with E-state index in [4.69, 9.17) is 19.6 Å². The summed E-state index contributed by atoms with van der Waals surface area (Å²) in [5, 5.41) is 8.25. The largest absolute Gasteiger partial charge is 0.486 e. The number of benzene rings is 2. The van der Waals surface area contributed by atoms with Gasteiger partial charge in [0.25, 0.3) is 5.56 Å². The lowest BCUT2D eigenvalue weighted by Crippen LogP contribution is -2.19. The lowest BCUT2D eigenvalue weighted by Gasteiger charge is -2.18. The Balaban J connectivity index is 1.46. The standard InChI is InChI=1S/C25H19N3O3S2/c29-25-21-17-7-3-4-8-20(17)33-24(21)26-22-15-5-1-2-6-16(15)23(27-28(22)25)32-14-9-10-18-19(13-14)31-12-11-30-18/h1-2,5-6,9-10,13H,3-4,7-8,11-12H2. The van der Waals surface area contributed by atoms with Gasteiger partial charge in [-0.1, -0.05) is 36.0 Å². The molecule has 1 aliphatic carbocycles. The van der Waals surface area contributed by atoms with Gasteiger partial charge in [0.2, 0.25) is 0 Å². The zero-order valence-electron chi connectivity index (χ0n) is 17.7. The molecule has 0 unspecified atom stereocenters. The number of hydrogen-bond acceptors (Lipinski definition) is 7. The van der Waals surface area contributed by atoms with Crippen molar-refractivity contribution < 1.29 is 9.47 Å². The predicted molar refractivity (Wildman–Crippen MR) is 130 cm³/mol. The fourth-order valence-corrected chi connectivity index (χ4v) is 6.93. The number of ether oxygens (including phenoxy) is 2. The molecule has 164 valence electrons. The summed E-state index contributed by atoms with van der Waals surface area (Å²) >= 11 is 3.19. The van der Waals surface area contributed by atoms with Crippen LogP contribution in [-0.2, 0) is 12.8 Å². The lowest BCUT2D eigenvalue weighted by atomic mass is 9.97. The monoisotopic (exact) mass is 473 g/mol. The summed E-state index contributed by atoms with van der Waals surface area (Å²) in [7, 11) is 0. The summed E-state index contributed by atoms with van der Waals surface area (Å²) in [6.07, 6.45) is 4.29. The highest BCUT2D eigenvalue weighted by Gasteiger charge is 2.22. The van der Waals surface area contributed by atoms with E-state index in [1.165, 1.54) is 33.1 Å². The molecule has 2 aliphatic rings. The van der Waals surface area contributed by atoms with E-state index in [-0.39, 0.29) is 5.56 Å². The Hall–Kier alpha value is -3.10. The van der Waals surface area contributed by atoms with Crippen molar-refractivity contribution in [2.75, 3.05) is 13.2 Å². The van der Waals surface area contributed by atoms with Crippen LogP contribution >= 0.6 is 23.1 Å². The van der Waals surface area contributed by atoms with Crippen LogP contribution in [0.3, 0.4) is 0 Å². The SMILES string of the molecule is O=c1c2c3c(sc2nc2c4ccccc4c(Sc4ccc5c(c4)OCCO5)nn12)CCCC3. The highest BCUT2D eigenvalue weighted by molar-refractivity contribution is 7.99. The van der Waals surface area contributed by atoms with E-state index >= 15 is 0 Å². The zero-order chi connectivity index (χ0) is 21.9. The van der Waals surface area contributed by atoms with Crippen LogP contribution in [0.1, 0.15) is 23.3 Å². The van der Waals surface area contributed by atoms with Gasteiger partial charge in [-0.25, -0.2) is 4.98 Å². The molecule has 33 heavy (non-hydrogen) atoms. The molecule has 0 amide bonds. The highest BCUT2D eigenvalue weighted by atomic mass is 32.2. The summed E-state index contributed by atoms with van der Waals surface area (Å²) in [6, 6.07) is 13.9. The van der Waals surface area contributed by atoms with Crippen LogP contribution in [0.2, 0.25) is 0 Å². The zero-order valence-corrected chi connectivity index (χ0v) is 19.3. The van der Waals surface area contributed by atoms with Crippen LogP contribution < -0.4 is 15.0 Å². The number of hydrogen-bond donors (Lipinski definition) is 0. The molecule has 0 spiro atoms. The number of aryl methyl sites for hydroxylation is 2. The summed E-state index contributed by atoms with van der Waals surface area (Å²) in [5.41, 5.74) is 1.74. The predicted octanol–water partition coefficient (Wildman–Crippen LogP) is 5.26. The molecule has 1 aliphatic heterocycles. The third-order valence-electron chi connectivity index (χ3n) is 6.28. The van der Waals surface area contributed by atoms with Gasteiger partial charge in [-0.2, -0.15) is 9.61 Å². The molecule has 5 aromatic rings. The van der Waals surface area contributed by atoms with Gasteiger partial charge >= 0.3 is 0 Å². The second-order valence-corrected chi connectivity index (χ2v) is 10.4. The van der Waals surface area contributed by atoms with Crippen LogP contribution in [-0.4, -0.2) is 27.8 Å². The summed E-state index contributed by atoms with van der Waals surface area (Å²) in [6.45, 7) is 1.10. The molecular weight excluding hydrogens is 454 g/mol. The van der Waals surface area contributed by atoms with E-state index in [2.05, 4.69) is 0 Å². The van der Waals surface area contributed by atoms with Crippen molar-refractivity contribution >= 4 is 49.7 Å². The summed E-state index contributed by atoms with van der Waals surface area (Å²) in [4.78, 5) is 21.8. The molecule has 2 aromatic carbocycles. The molecule has 0 bridgehead atoms. The number of rotatable bonds is 2. The lowest BCUT2D eigenvalue weighted by molar-refractivity contribution is 0.171. The molecular formula is C25H19N3O3S2. The van der Waals surface area contributed by atoms with E-state index < -0.39 is 0 Å². The molecule has 0 saturated carbocycles. The Kier molecular flexibility index (Phi) is 4.38. The maximum absolute atomic E-state index is 13.7. The topological polar surface area (TPSA) is 65.7 Å². The van der Waals surface area contributed by atoms with Gasteiger partial charge in [0, 0.05) is 20.5 Å². The smallest absolute Gasteiger partial charge is 0.283 e. The van der Waals surface area contributed by atoms with Crippen LogP contribution in [0, 0.1) is 0 Å². The van der Waals surface area contributed by atoms with Crippen molar-refractivity contribution in [3.8, 4) is 11.5 Å². The minimum atomic E-state index is -0.0656. The van der Waals surface area contributed by atoms with Crippen LogP contribution in [0.25, 0.3) is 26.6 Å². The Morgan fingerprint density at radius 2 is 1.79 bits per heavy atom. The van der Waals surface area contributed by atoms with Gasteiger partial charge < -0.3 is 9.47 Å². The number of nitrogens with zero attached hydrogens (tertiary/aromatic N) is 3. The fourth-order valence-electron chi connectivity index (χ4n) is 4.75. The van der Waals surface area contributed by atoms with Crippen LogP contribution in [0.4, 0.5) is 0 Å². The number of thiophene rings is 1. The van der Waals surface area contributed by atoms with E-state index in [0.717, 1.165) is 61.7 Å². The number of fused-ring (bicyclic) bond motifs is 7. The van der Waals surface area contributed by atoms with Gasteiger partial charge in [-0.05, 0) is 49.4 Å². The molecule has 4 heterocycles. The van der Waals surface area contributed by atoms with E-state index in [0.29, 0.717) is 18.9 Å². The Morgan fingerprint density at radius 3 is 2.70 bits per heavy atom. The van der Waals surface area contributed by atoms with E-state index in [9.17, 15) is 4.79 Å². The second-order valence-electron chi connectivity index (χ2n) is 8.30. The van der Waals surface area contributed by atoms with Gasteiger partial charge in [-0.15, -0.1) is 11.3 Å². The first kappa shape index (κ1) is 19.4. The Labute approximate surface area is 197 Å². The summed E-state index contributed by atoms with van der Waals surface area (Å²) < 4.78 is 12.9. The third kappa shape index (κ3) is 3.04. The van der Waals surface area contributed by atoms with Crippen LogP contribution in [0.15, 0.2) is 57.2 Å². The average molecular weight is 474 g/mol. The first-order chi connectivity index (χ1) is 16.3. The minimum absolute atomic E-state index is 0.0656. The number of aromatic nitrogens is 3. The molecule has 7 rings (SSSR count). The molecule has 0 saturated heterocycles. The van der Waals surface area contributed by atoms with Gasteiger partial charge in [0.05, 0.1) is 5.39 Å². The Morgan fingerprint density at radius 1 is 0.970 bits per heavy atom. The molecule has 0 fully saturated rings. The van der Waals surface area contributed by atoms with Crippen molar-refractivity contribution in [1.82, 2.24) is 14.6 Å². The molecule has 0 atom stereocenters. The molecule has 0 radical (unpaired) electrons. The molecule has 6 nitrogen and oxygen atoms in total. The van der Waals surface area contributed by atoms with Crippen molar-refractivity contribution in [3.63, 3.8) is 0 Å². The average Bonchev–Trinajstić information content (AvgIpc) is 3.23.